The molecule has 0 atom stereocenters. The molecule has 76 valence electrons. The minimum atomic E-state index is 0.707. The molecule has 2 nitrogen and oxygen atoms in total. The van der Waals surface area contributed by atoms with E-state index in [9.17, 15) is 0 Å². The van der Waals surface area contributed by atoms with Crippen LogP contribution in [0.4, 0.5) is 0 Å². The molecule has 0 rings (SSSR count). The van der Waals surface area contributed by atoms with Crippen molar-refractivity contribution in [1.29, 1.82) is 5.26 Å². The SMILES string of the molecule is CCN(CC)CCSCCCC#N. The predicted molar refractivity (Wildman–Crippen MR) is 60.0 cm³/mol. The monoisotopic (exact) mass is 200 g/mol. The molecule has 0 N–H and O–H groups in total. The Morgan fingerprint density at radius 3 is 2.46 bits per heavy atom. The Morgan fingerprint density at radius 2 is 1.92 bits per heavy atom. The van der Waals surface area contributed by atoms with Crippen LogP contribution in [0.5, 0.6) is 0 Å². The summed E-state index contributed by atoms with van der Waals surface area (Å²) in [5.41, 5.74) is 0. The van der Waals surface area contributed by atoms with Crippen LogP contribution in [-0.2, 0) is 0 Å². The van der Waals surface area contributed by atoms with Gasteiger partial charge in [0.1, 0.15) is 0 Å². The number of hydrogen-bond acceptors (Lipinski definition) is 3. The molecule has 0 fully saturated rings. The van der Waals surface area contributed by atoms with Crippen molar-refractivity contribution in [1.82, 2.24) is 4.90 Å². The lowest BCUT2D eigenvalue weighted by Crippen LogP contribution is -2.25. The molecule has 13 heavy (non-hydrogen) atoms. The first-order chi connectivity index (χ1) is 6.35. The molecule has 0 saturated heterocycles. The number of rotatable bonds is 8. The Balaban J connectivity index is 3.11. The molecule has 3 heteroatoms. The molecule has 0 aromatic heterocycles. The molecule has 0 heterocycles. The van der Waals surface area contributed by atoms with Crippen molar-refractivity contribution in [3.05, 3.63) is 0 Å². The Labute approximate surface area is 86.3 Å². The molecule has 0 spiro atoms. The molecule has 0 aromatic rings. The van der Waals surface area contributed by atoms with E-state index in [0.717, 1.165) is 25.3 Å². The highest BCUT2D eigenvalue weighted by molar-refractivity contribution is 7.99. The summed E-state index contributed by atoms with van der Waals surface area (Å²) in [6.07, 6.45) is 1.75. The standard InChI is InChI=1S/C10H20N2S/c1-3-12(4-2)8-10-13-9-6-5-7-11/h3-6,8-10H2,1-2H3. The van der Waals surface area contributed by atoms with Crippen molar-refractivity contribution >= 4 is 11.8 Å². The number of nitriles is 1. The van der Waals surface area contributed by atoms with E-state index in [1.54, 1.807) is 0 Å². The maximum absolute atomic E-state index is 8.32. The van der Waals surface area contributed by atoms with Crippen LogP contribution in [0.2, 0.25) is 0 Å². The Hall–Kier alpha value is -0.200. The van der Waals surface area contributed by atoms with Gasteiger partial charge in [-0.1, -0.05) is 13.8 Å². The molecule has 0 amide bonds. The molecule has 0 aliphatic rings. The summed E-state index contributed by atoms with van der Waals surface area (Å²) in [7, 11) is 0. The van der Waals surface area contributed by atoms with Crippen LogP contribution in [0.15, 0.2) is 0 Å². The van der Waals surface area contributed by atoms with Gasteiger partial charge < -0.3 is 4.90 Å². The zero-order valence-electron chi connectivity index (χ0n) is 8.75. The van der Waals surface area contributed by atoms with Crippen LogP contribution in [0.25, 0.3) is 0 Å². The number of unbranched alkanes of at least 4 members (excludes halogenated alkanes) is 1. The van der Waals surface area contributed by atoms with Gasteiger partial charge in [0.2, 0.25) is 0 Å². The van der Waals surface area contributed by atoms with Gasteiger partial charge >= 0.3 is 0 Å². The summed E-state index contributed by atoms with van der Waals surface area (Å²) in [6, 6.07) is 2.17. The van der Waals surface area contributed by atoms with Crippen molar-refractivity contribution in [3.8, 4) is 6.07 Å². The highest BCUT2D eigenvalue weighted by atomic mass is 32.2. The second-order valence-electron chi connectivity index (χ2n) is 2.90. The van der Waals surface area contributed by atoms with Gasteiger partial charge in [0.25, 0.3) is 0 Å². The number of nitrogens with zero attached hydrogens (tertiary/aromatic N) is 2. The molecule has 0 unspecified atom stereocenters. The van der Waals surface area contributed by atoms with Crippen LogP contribution in [-0.4, -0.2) is 36.0 Å². The molecular weight excluding hydrogens is 180 g/mol. The third-order valence-electron chi connectivity index (χ3n) is 2.02. The van der Waals surface area contributed by atoms with Gasteiger partial charge in [-0.2, -0.15) is 17.0 Å². The lowest BCUT2D eigenvalue weighted by molar-refractivity contribution is 0.324. The smallest absolute Gasteiger partial charge is 0.0622 e. The number of hydrogen-bond donors (Lipinski definition) is 0. The summed E-state index contributed by atoms with van der Waals surface area (Å²) in [5.74, 6) is 2.34. The fourth-order valence-corrected chi connectivity index (χ4v) is 2.03. The van der Waals surface area contributed by atoms with E-state index in [4.69, 9.17) is 5.26 Å². The normalized spacial score (nSPS) is 10.3. The Bertz CT molecular complexity index is 138. The lowest BCUT2D eigenvalue weighted by atomic mass is 10.4. The molecule has 0 saturated carbocycles. The second kappa shape index (κ2) is 9.88. The summed E-state index contributed by atoms with van der Waals surface area (Å²) >= 11 is 1.96. The summed E-state index contributed by atoms with van der Waals surface area (Å²) < 4.78 is 0. The largest absolute Gasteiger partial charge is 0.303 e. The first-order valence-electron chi connectivity index (χ1n) is 5.02. The van der Waals surface area contributed by atoms with Gasteiger partial charge in [-0.05, 0) is 25.3 Å². The molecule has 0 aliphatic heterocycles. The lowest BCUT2D eigenvalue weighted by Gasteiger charge is -2.17. The third kappa shape index (κ3) is 8.14. The van der Waals surface area contributed by atoms with Gasteiger partial charge in [0, 0.05) is 18.7 Å². The van der Waals surface area contributed by atoms with E-state index < -0.39 is 0 Å². The zero-order chi connectivity index (χ0) is 9.94. The summed E-state index contributed by atoms with van der Waals surface area (Å²) in [4.78, 5) is 2.43. The molecule has 0 bridgehead atoms. The first kappa shape index (κ1) is 12.8. The summed E-state index contributed by atoms with van der Waals surface area (Å²) in [6.45, 7) is 7.88. The summed E-state index contributed by atoms with van der Waals surface area (Å²) in [5, 5.41) is 8.32. The highest BCUT2D eigenvalue weighted by Gasteiger charge is 1.97. The molecule has 0 aromatic carbocycles. The van der Waals surface area contributed by atoms with Gasteiger partial charge in [-0.15, -0.1) is 0 Å². The fraction of sp³-hybridized carbons (Fsp3) is 0.900. The minimum Gasteiger partial charge on any atom is -0.303 e. The maximum atomic E-state index is 8.32. The van der Waals surface area contributed by atoms with Crippen LogP contribution in [0.3, 0.4) is 0 Å². The zero-order valence-corrected chi connectivity index (χ0v) is 9.57. The van der Waals surface area contributed by atoms with Crippen molar-refractivity contribution < 1.29 is 0 Å². The second-order valence-corrected chi connectivity index (χ2v) is 4.13. The average molecular weight is 200 g/mol. The quantitative estimate of drug-likeness (QED) is 0.563. The highest BCUT2D eigenvalue weighted by Crippen LogP contribution is 2.04. The van der Waals surface area contributed by atoms with Crippen LogP contribution in [0, 0.1) is 11.3 Å². The van der Waals surface area contributed by atoms with E-state index >= 15 is 0 Å². The van der Waals surface area contributed by atoms with Crippen molar-refractivity contribution in [2.45, 2.75) is 26.7 Å². The topological polar surface area (TPSA) is 27.0 Å². The van der Waals surface area contributed by atoms with Crippen molar-refractivity contribution in [3.63, 3.8) is 0 Å². The van der Waals surface area contributed by atoms with E-state index in [1.165, 1.54) is 12.3 Å². The van der Waals surface area contributed by atoms with Crippen molar-refractivity contribution in [2.24, 2.45) is 0 Å². The predicted octanol–water partition coefficient (Wildman–Crippen LogP) is 2.37. The van der Waals surface area contributed by atoms with E-state index in [0.29, 0.717) is 6.42 Å². The van der Waals surface area contributed by atoms with Crippen molar-refractivity contribution in [2.75, 3.05) is 31.1 Å². The van der Waals surface area contributed by atoms with Crippen LogP contribution in [0.1, 0.15) is 26.7 Å². The van der Waals surface area contributed by atoms with Crippen LogP contribution >= 0.6 is 11.8 Å². The first-order valence-corrected chi connectivity index (χ1v) is 6.17. The van der Waals surface area contributed by atoms with Gasteiger partial charge in [-0.25, -0.2) is 0 Å². The fourth-order valence-electron chi connectivity index (χ4n) is 1.09. The molecular formula is C10H20N2S. The van der Waals surface area contributed by atoms with Gasteiger partial charge in [-0.3, -0.25) is 0 Å². The van der Waals surface area contributed by atoms with Gasteiger partial charge in [0.05, 0.1) is 6.07 Å². The Kier molecular flexibility index (Phi) is 9.73. The van der Waals surface area contributed by atoms with E-state index in [2.05, 4.69) is 24.8 Å². The maximum Gasteiger partial charge on any atom is 0.0622 e. The van der Waals surface area contributed by atoms with E-state index in [1.807, 2.05) is 11.8 Å². The van der Waals surface area contributed by atoms with Gasteiger partial charge in [0.15, 0.2) is 0 Å². The number of thioether (sulfide) groups is 1. The molecule has 0 aliphatic carbocycles. The average Bonchev–Trinajstić information content (AvgIpc) is 2.17. The van der Waals surface area contributed by atoms with E-state index in [-0.39, 0.29) is 0 Å². The van der Waals surface area contributed by atoms with Crippen LogP contribution < -0.4 is 0 Å². The minimum absolute atomic E-state index is 0.707. The Morgan fingerprint density at radius 1 is 1.23 bits per heavy atom. The third-order valence-corrected chi connectivity index (χ3v) is 3.07. The molecule has 0 radical (unpaired) electrons.